The third-order valence-corrected chi connectivity index (χ3v) is 5.88. The summed E-state index contributed by atoms with van der Waals surface area (Å²) in [5.41, 5.74) is 0.369. The van der Waals surface area contributed by atoms with Gasteiger partial charge >= 0.3 is 12.1 Å². The van der Waals surface area contributed by atoms with Crippen LogP contribution in [0.15, 0.2) is 76.7 Å². The Hall–Kier alpha value is -4.46. The highest BCUT2D eigenvalue weighted by Crippen LogP contribution is 2.30. The highest BCUT2D eigenvalue weighted by molar-refractivity contribution is 7.92. The summed E-state index contributed by atoms with van der Waals surface area (Å²) < 4.78 is 65.4. The molecule has 0 aliphatic carbocycles. The number of sulfonamides is 1. The van der Waals surface area contributed by atoms with E-state index in [9.17, 15) is 41.6 Å². The van der Waals surface area contributed by atoms with Crippen LogP contribution in [0.3, 0.4) is 0 Å². The maximum Gasteiger partial charge on any atom is 0.416 e. The summed E-state index contributed by atoms with van der Waals surface area (Å²) in [6.45, 7) is 0. The molecule has 3 rings (SSSR count). The molecule has 0 saturated carbocycles. The quantitative estimate of drug-likeness (QED) is 0.229. The Bertz CT molecular complexity index is 1410. The van der Waals surface area contributed by atoms with Crippen molar-refractivity contribution in [3.8, 4) is 0 Å². The maximum atomic E-state index is 12.7. The van der Waals surface area contributed by atoms with E-state index < -0.39 is 43.2 Å². The molecule has 0 heterocycles. The summed E-state index contributed by atoms with van der Waals surface area (Å²) >= 11 is 0. The highest BCUT2D eigenvalue weighted by Gasteiger charge is 2.29. The standard InChI is InChI=1S/C21H15F3N4O6S/c22-21(23,24)14-7-5-13(6-8-14)12-25-26-18-10-9-15(11-19(18)28(31)32)35(33,34)27-17-4-2-1-3-16(17)20(29)30/h1-12,26-27H,(H,29,30). The number of hydrogen-bond donors (Lipinski definition) is 3. The van der Waals surface area contributed by atoms with E-state index in [0.29, 0.717) is 0 Å². The Morgan fingerprint density at radius 3 is 2.29 bits per heavy atom. The van der Waals surface area contributed by atoms with Gasteiger partial charge in [0, 0.05) is 6.07 Å². The number of nitro benzene ring substituents is 1. The molecule has 0 fully saturated rings. The Labute approximate surface area is 195 Å². The second-order valence-corrected chi connectivity index (χ2v) is 8.56. The fourth-order valence-electron chi connectivity index (χ4n) is 2.82. The number of aromatic carboxylic acids is 1. The number of hydrazone groups is 1. The van der Waals surface area contributed by atoms with Gasteiger partial charge in [-0.2, -0.15) is 18.3 Å². The minimum atomic E-state index is -4.50. The summed E-state index contributed by atoms with van der Waals surface area (Å²) in [7, 11) is -4.40. The molecule has 0 radical (unpaired) electrons. The number of hydrogen-bond acceptors (Lipinski definition) is 7. The molecule has 0 spiro atoms. The van der Waals surface area contributed by atoms with Gasteiger partial charge in [-0.3, -0.25) is 20.3 Å². The molecule has 3 N–H and O–H groups in total. The summed E-state index contributed by atoms with van der Waals surface area (Å²) in [6, 6.07) is 12.1. The first-order valence-corrected chi connectivity index (χ1v) is 11.0. The van der Waals surface area contributed by atoms with Gasteiger partial charge in [0.2, 0.25) is 0 Å². The zero-order chi connectivity index (χ0) is 25.8. The molecule has 14 heteroatoms. The van der Waals surface area contributed by atoms with Gasteiger partial charge < -0.3 is 5.11 Å². The summed E-state index contributed by atoms with van der Waals surface area (Å²) in [5, 5.41) is 24.4. The summed E-state index contributed by atoms with van der Waals surface area (Å²) in [6.07, 6.45) is -3.37. The molecule has 35 heavy (non-hydrogen) atoms. The Morgan fingerprint density at radius 1 is 1.03 bits per heavy atom. The monoisotopic (exact) mass is 508 g/mol. The van der Waals surface area contributed by atoms with Crippen molar-refractivity contribution in [2.75, 3.05) is 10.1 Å². The number of benzene rings is 3. The van der Waals surface area contributed by atoms with E-state index in [1.165, 1.54) is 24.3 Å². The number of halogens is 3. The van der Waals surface area contributed by atoms with E-state index >= 15 is 0 Å². The molecule has 182 valence electrons. The van der Waals surface area contributed by atoms with E-state index in [4.69, 9.17) is 0 Å². The zero-order valence-corrected chi connectivity index (χ0v) is 18.2. The predicted octanol–water partition coefficient (Wildman–Crippen LogP) is 4.56. The van der Waals surface area contributed by atoms with Gasteiger partial charge in [-0.15, -0.1) is 0 Å². The first kappa shape index (κ1) is 25.2. The van der Waals surface area contributed by atoms with Crippen LogP contribution in [0.25, 0.3) is 0 Å². The first-order chi connectivity index (χ1) is 16.4. The normalized spacial score (nSPS) is 11.9. The fraction of sp³-hybridized carbons (Fsp3) is 0.0476. The van der Waals surface area contributed by atoms with E-state index in [1.807, 2.05) is 0 Å². The van der Waals surface area contributed by atoms with Crippen LogP contribution in [-0.2, 0) is 16.2 Å². The third kappa shape index (κ3) is 6.11. The molecule has 0 saturated heterocycles. The average molecular weight is 508 g/mol. The van der Waals surface area contributed by atoms with Crippen LogP contribution in [-0.4, -0.2) is 30.6 Å². The van der Waals surface area contributed by atoms with Crippen LogP contribution in [0.1, 0.15) is 21.5 Å². The highest BCUT2D eigenvalue weighted by atomic mass is 32.2. The SMILES string of the molecule is O=C(O)c1ccccc1NS(=O)(=O)c1ccc(NN=Cc2ccc(C(F)(F)F)cc2)c([N+](=O)[O-])c1. The van der Waals surface area contributed by atoms with Crippen LogP contribution >= 0.6 is 0 Å². The largest absolute Gasteiger partial charge is 0.478 e. The van der Waals surface area contributed by atoms with Crippen molar-refractivity contribution in [1.29, 1.82) is 0 Å². The lowest BCUT2D eigenvalue weighted by molar-refractivity contribution is -0.384. The number of anilines is 2. The minimum absolute atomic E-state index is 0.192. The van der Waals surface area contributed by atoms with E-state index in [1.54, 1.807) is 0 Å². The second-order valence-electron chi connectivity index (χ2n) is 6.88. The van der Waals surface area contributed by atoms with Gasteiger partial charge in [-0.25, -0.2) is 13.2 Å². The molecular weight excluding hydrogens is 493 g/mol. The number of rotatable bonds is 8. The number of nitrogens with zero attached hydrogens (tertiary/aromatic N) is 2. The number of carboxylic acids is 1. The molecular formula is C21H15F3N4O6S. The van der Waals surface area contributed by atoms with Gasteiger partial charge in [0.05, 0.1) is 32.8 Å². The maximum absolute atomic E-state index is 12.7. The van der Waals surface area contributed by atoms with Crippen LogP contribution in [0.4, 0.5) is 30.2 Å². The van der Waals surface area contributed by atoms with E-state index in [-0.39, 0.29) is 22.5 Å². The molecule has 0 aliphatic rings. The number of carbonyl (C=O) groups is 1. The smallest absolute Gasteiger partial charge is 0.416 e. The molecule has 0 amide bonds. The fourth-order valence-corrected chi connectivity index (χ4v) is 3.92. The topological polar surface area (TPSA) is 151 Å². The predicted molar refractivity (Wildman–Crippen MR) is 120 cm³/mol. The zero-order valence-electron chi connectivity index (χ0n) is 17.4. The lowest BCUT2D eigenvalue weighted by atomic mass is 10.1. The number of para-hydroxylation sites is 1. The summed E-state index contributed by atoms with van der Waals surface area (Å²) in [5.74, 6) is -1.38. The Kier molecular flexibility index (Phi) is 7.05. The average Bonchev–Trinajstić information content (AvgIpc) is 2.78. The molecule has 3 aromatic rings. The molecule has 0 unspecified atom stereocenters. The third-order valence-electron chi connectivity index (χ3n) is 4.51. The van der Waals surface area contributed by atoms with Crippen molar-refractivity contribution in [1.82, 2.24) is 0 Å². The Balaban J connectivity index is 1.83. The van der Waals surface area contributed by atoms with Crippen LogP contribution < -0.4 is 10.1 Å². The second kappa shape index (κ2) is 9.80. The lowest BCUT2D eigenvalue weighted by Crippen LogP contribution is -2.16. The molecule has 3 aromatic carbocycles. The van der Waals surface area contributed by atoms with Crippen LogP contribution in [0.5, 0.6) is 0 Å². The van der Waals surface area contributed by atoms with E-state index in [2.05, 4.69) is 15.2 Å². The van der Waals surface area contributed by atoms with Crippen molar-refractivity contribution in [3.63, 3.8) is 0 Å². The molecule has 10 nitrogen and oxygen atoms in total. The number of alkyl halides is 3. The number of nitrogens with one attached hydrogen (secondary N) is 2. The van der Waals surface area contributed by atoms with Crippen molar-refractivity contribution in [2.45, 2.75) is 11.1 Å². The number of nitro groups is 1. The van der Waals surface area contributed by atoms with Gasteiger partial charge in [0.1, 0.15) is 5.69 Å². The molecule has 0 atom stereocenters. The van der Waals surface area contributed by atoms with Crippen molar-refractivity contribution in [2.24, 2.45) is 5.10 Å². The lowest BCUT2D eigenvalue weighted by Gasteiger charge is -2.11. The van der Waals surface area contributed by atoms with Gasteiger partial charge in [-0.05, 0) is 42.0 Å². The molecule has 0 aliphatic heterocycles. The van der Waals surface area contributed by atoms with Crippen molar-refractivity contribution in [3.05, 3.63) is 93.5 Å². The van der Waals surface area contributed by atoms with Gasteiger partial charge in [-0.1, -0.05) is 24.3 Å². The number of carboxylic acid groups (broad SMARTS) is 1. The van der Waals surface area contributed by atoms with Crippen LogP contribution in [0.2, 0.25) is 0 Å². The van der Waals surface area contributed by atoms with Crippen molar-refractivity contribution >= 4 is 39.3 Å². The molecule has 0 bridgehead atoms. The minimum Gasteiger partial charge on any atom is -0.478 e. The van der Waals surface area contributed by atoms with Gasteiger partial charge in [0.25, 0.3) is 15.7 Å². The summed E-state index contributed by atoms with van der Waals surface area (Å²) in [4.78, 5) is 21.4. The van der Waals surface area contributed by atoms with E-state index in [0.717, 1.165) is 48.7 Å². The Morgan fingerprint density at radius 2 is 1.69 bits per heavy atom. The molecule has 0 aromatic heterocycles. The van der Waals surface area contributed by atoms with Gasteiger partial charge in [0.15, 0.2) is 0 Å². The van der Waals surface area contributed by atoms with Crippen molar-refractivity contribution < 1.29 is 36.4 Å². The van der Waals surface area contributed by atoms with Crippen LogP contribution in [0, 0.1) is 10.1 Å². The first-order valence-electron chi connectivity index (χ1n) is 9.48.